The standard InChI is InChI=1S/C18H22O2/c1-14(10-13-19)8-12-18(20)16-7-5-4-6-15(16)9-11-17(18,2)3/h4-8,10,12-13,20H,9,11H2,1-3H3/b12-8+,14-10-. The summed E-state index contributed by atoms with van der Waals surface area (Å²) in [5.41, 5.74) is 1.79. The van der Waals surface area contributed by atoms with E-state index in [1.165, 1.54) is 11.6 Å². The Morgan fingerprint density at radius 2 is 2.00 bits per heavy atom. The van der Waals surface area contributed by atoms with Crippen molar-refractivity contribution in [3.63, 3.8) is 0 Å². The maximum Gasteiger partial charge on any atom is 0.143 e. The van der Waals surface area contributed by atoms with Gasteiger partial charge in [0.05, 0.1) is 0 Å². The van der Waals surface area contributed by atoms with Crippen molar-refractivity contribution in [3.8, 4) is 0 Å². The molecule has 0 heterocycles. The van der Waals surface area contributed by atoms with Gasteiger partial charge in [0.2, 0.25) is 0 Å². The van der Waals surface area contributed by atoms with Crippen LogP contribution in [0.25, 0.3) is 0 Å². The summed E-state index contributed by atoms with van der Waals surface area (Å²) in [5, 5.41) is 11.3. The van der Waals surface area contributed by atoms with Crippen molar-refractivity contribution in [1.29, 1.82) is 0 Å². The molecule has 2 rings (SSSR count). The van der Waals surface area contributed by atoms with Gasteiger partial charge in [-0.25, -0.2) is 0 Å². The number of carbonyl (C=O) groups is 1. The molecule has 0 radical (unpaired) electrons. The second kappa shape index (κ2) is 5.37. The number of aryl methyl sites for hydroxylation is 1. The third kappa shape index (κ3) is 2.48. The van der Waals surface area contributed by atoms with Crippen LogP contribution in [0, 0.1) is 5.41 Å². The van der Waals surface area contributed by atoms with Crippen molar-refractivity contribution in [1.82, 2.24) is 0 Å². The second-order valence-electron chi connectivity index (χ2n) is 6.19. The van der Waals surface area contributed by atoms with Crippen LogP contribution >= 0.6 is 0 Å². The molecule has 2 heteroatoms. The van der Waals surface area contributed by atoms with Crippen LogP contribution in [0.1, 0.15) is 38.3 Å². The summed E-state index contributed by atoms with van der Waals surface area (Å²) in [4.78, 5) is 10.5. The molecule has 1 N–H and O–H groups in total. The molecule has 1 aliphatic rings. The highest BCUT2D eigenvalue weighted by Gasteiger charge is 2.46. The van der Waals surface area contributed by atoms with Gasteiger partial charge in [-0.3, -0.25) is 4.79 Å². The number of hydrogen-bond donors (Lipinski definition) is 1. The van der Waals surface area contributed by atoms with Crippen molar-refractivity contribution in [2.45, 2.75) is 39.2 Å². The molecule has 0 saturated heterocycles. The number of carbonyl (C=O) groups excluding carboxylic acids is 1. The number of fused-ring (bicyclic) bond motifs is 1. The molecule has 1 aromatic rings. The maximum atomic E-state index is 11.3. The smallest absolute Gasteiger partial charge is 0.143 e. The van der Waals surface area contributed by atoms with Gasteiger partial charge < -0.3 is 5.11 Å². The van der Waals surface area contributed by atoms with E-state index in [-0.39, 0.29) is 5.41 Å². The average Bonchev–Trinajstić information content (AvgIpc) is 2.42. The number of aldehydes is 1. The van der Waals surface area contributed by atoms with Crippen LogP contribution in [0.4, 0.5) is 0 Å². The maximum absolute atomic E-state index is 11.3. The van der Waals surface area contributed by atoms with Crippen LogP contribution < -0.4 is 0 Å². The highest BCUT2D eigenvalue weighted by atomic mass is 16.3. The quantitative estimate of drug-likeness (QED) is 0.518. The topological polar surface area (TPSA) is 37.3 Å². The first-order valence-electron chi connectivity index (χ1n) is 7.03. The van der Waals surface area contributed by atoms with Gasteiger partial charge in [0.15, 0.2) is 0 Å². The van der Waals surface area contributed by atoms with Crippen LogP contribution in [0.15, 0.2) is 48.1 Å². The number of rotatable bonds is 3. The predicted octanol–water partition coefficient (Wildman–Crippen LogP) is 3.55. The molecule has 0 saturated carbocycles. The highest BCUT2D eigenvalue weighted by molar-refractivity contribution is 5.67. The van der Waals surface area contributed by atoms with Gasteiger partial charge in [-0.1, -0.05) is 44.2 Å². The molecule has 1 atom stereocenters. The second-order valence-corrected chi connectivity index (χ2v) is 6.19. The van der Waals surface area contributed by atoms with Crippen LogP contribution in [0.2, 0.25) is 0 Å². The van der Waals surface area contributed by atoms with E-state index in [1.54, 1.807) is 0 Å². The molecule has 2 nitrogen and oxygen atoms in total. The van der Waals surface area contributed by atoms with Crippen LogP contribution in [-0.2, 0) is 16.8 Å². The van der Waals surface area contributed by atoms with Crippen LogP contribution in [0.3, 0.4) is 0 Å². The fourth-order valence-corrected chi connectivity index (χ4v) is 2.84. The van der Waals surface area contributed by atoms with Gasteiger partial charge in [0.25, 0.3) is 0 Å². The van der Waals surface area contributed by atoms with Gasteiger partial charge in [0.1, 0.15) is 11.9 Å². The molecule has 0 fully saturated rings. The molecule has 0 aromatic heterocycles. The largest absolute Gasteiger partial charge is 0.380 e. The zero-order valence-electron chi connectivity index (χ0n) is 12.4. The Kier molecular flexibility index (Phi) is 3.96. The minimum absolute atomic E-state index is 0.237. The first-order valence-corrected chi connectivity index (χ1v) is 7.03. The molecule has 0 bridgehead atoms. The van der Waals surface area contributed by atoms with E-state index < -0.39 is 5.60 Å². The van der Waals surface area contributed by atoms with Gasteiger partial charge >= 0.3 is 0 Å². The monoisotopic (exact) mass is 270 g/mol. The lowest BCUT2D eigenvalue weighted by atomic mass is 9.62. The third-order valence-electron chi connectivity index (χ3n) is 4.40. The lowest BCUT2D eigenvalue weighted by molar-refractivity contribution is -0.104. The Hall–Kier alpha value is -1.67. The van der Waals surface area contributed by atoms with Crippen molar-refractivity contribution in [3.05, 3.63) is 59.2 Å². The van der Waals surface area contributed by atoms with Crippen molar-refractivity contribution in [2.24, 2.45) is 5.41 Å². The van der Waals surface area contributed by atoms with Crippen molar-refractivity contribution < 1.29 is 9.90 Å². The summed E-state index contributed by atoms with van der Waals surface area (Å²) in [7, 11) is 0. The number of benzene rings is 1. The Morgan fingerprint density at radius 1 is 1.30 bits per heavy atom. The first-order chi connectivity index (χ1) is 9.40. The number of allylic oxidation sites excluding steroid dienone is 3. The van der Waals surface area contributed by atoms with Gasteiger partial charge in [-0.15, -0.1) is 0 Å². The zero-order valence-corrected chi connectivity index (χ0v) is 12.4. The SMILES string of the molecule is CC(=C/C=O)/C=C/C1(O)c2ccccc2CCC1(C)C. The van der Waals surface area contributed by atoms with Gasteiger partial charge in [-0.05, 0) is 48.6 Å². The average molecular weight is 270 g/mol. The van der Waals surface area contributed by atoms with E-state index >= 15 is 0 Å². The summed E-state index contributed by atoms with van der Waals surface area (Å²) in [6.07, 6.45) is 7.85. The summed E-state index contributed by atoms with van der Waals surface area (Å²) in [5.74, 6) is 0. The van der Waals surface area contributed by atoms with E-state index in [4.69, 9.17) is 0 Å². The summed E-state index contributed by atoms with van der Waals surface area (Å²) in [6.45, 7) is 6.04. The van der Waals surface area contributed by atoms with E-state index in [0.717, 1.165) is 30.3 Å². The Bertz CT molecular complexity index is 567. The molecular weight excluding hydrogens is 248 g/mol. The summed E-state index contributed by atoms with van der Waals surface area (Å²) in [6, 6.07) is 8.06. The lowest BCUT2D eigenvalue weighted by Crippen LogP contribution is -2.44. The Labute approximate surface area is 120 Å². The molecule has 0 spiro atoms. The minimum atomic E-state index is -1.00. The third-order valence-corrected chi connectivity index (χ3v) is 4.40. The van der Waals surface area contributed by atoms with Crippen LogP contribution in [-0.4, -0.2) is 11.4 Å². The van der Waals surface area contributed by atoms with Crippen LogP contribution in [0.5, 0.6) is 0 Å². The Morgan fingerprint density at radius 3 is 2.70 bits per heavy atom. The van der Waals surface area contributed by atoms with Gasteiger partial charge in [0, 0.05) is 5.41 Å². The molecule has 1 aromatic carbocycles. The molecular formula is C18H22O2. The van der Waals surface area contributed by atoms with Crippen molar-refractivity contribution in [2.75, 3.05) is 0 Å². The zero-order chi connectivity index (χ0) is 14.8. The summed E-state index contributed by atoms with van der Waals surface area (Å²) < 4.78 is 0. The fourth-order valence-electron chi connectivity index (χ4n) is 2.84. The van der Waals surface area contributed by atoms with Crippen molar-refractivity contribution >= 4 is 6.29 Å². The molecule has 1 aliphatic carbocycles. The van der Waals surface area contributed by atoms with E-state index in [9.17, 15) is 9.90 Å². The van der Waals surface area contributed by atoms with E-state index in [2.05, 4.69) is 19.9 Å². The normalized spacial score (nSPS) is 25.5. The highest BCUT2D eigenvalue weighted by Crippen LogP contribution is 2.49. The molecule has 106 valence electrons. The first kappa shape index (κ1) is 14.7. The van der Waals surface area contributed by atoms with E-state index in [0.29, 0.717) is 0 Å². The number of aliphatic hydroxyl groups is 1. The molecule has 0 amide bonds. The fraction of sp³-hybridized carbons (Fsp3) is 0.389. The minimum Gasteiger partial charge on any atom is -0.380 e. The molecule has 0 aliphatic heterocycles. The lowest BCUT2D eigenvalue weighted by Gasteiger charge is -2.46. The molecule has 1 unspecified atom stereocenters. The molecule has 20 heavy (non-hydrogen) atoms. The van der Waals surface area contributed by atoms with E-state index in [1.807, 2.05) is 37.3 Å². The van der Waals surface area contributed by atoms with Gasteiger partial charge in [-0.2, -0.15) is 0 Å². The predicted molar refractivity (Wildman–Crippen MR) is 81.4 cm³/mol. The summed E-state index contributed by atoms with van der Waals surface area (Å²) >= 11 is 0. The number of hydrogen-bond acceptors (Lipinski definition) is 2. The Balaban J connectivity index is 2.50.